The molecule has 0 amide bonds. The van der Waals surface area contributed by atoms with Crippen molar-refractivity contribution in [3.8, 4) is 0 Å². The van der Waals surface area contributed by atoms with Gasteiger partial charge in [0.25, 0.3) is 0 Å². The van der Waals surface area contributed by atoms with Crippen molar-refractivity contribution in [1.29, 1.82) is 0 Å². The molecule has 0 spiro atoms. The fraction of sp³-hybridized carbons (Fsp3) is 1.00. The number of fused-ring (bicyclic) bond motifs is 8. The Hall–Kier alpha value is -0.0400. The molecule has 4 rings (SSSR count). The topological polar surface area (TPSA) is 20.2 Å². The van der Waals surface area contributed by atoms with E-state index in [4.69, 9.17) is 0 Å². The van der Waals surface area contributed by atoms with E-state index in [1.54, 1.807) is 0 Å². The summed E-state index contributed by atoms with van der Waals surface area (Å²) in [6.45, 7) is 0.506. The van der Waals surface area contributed by atoms with Gasteiger partial charge in [-0.15, -0.1) is 0 Å². The van der Waals surface area contributed by atoms with Crippen molar-refractivity contribution < 1.29 is 5.11 Å². The van der Waals surface area contributed by atoms with Gasteiger partial charge in [0.05, 0.1) is 0 Å². The second kappa shape index (κ2) is 1.28. The van der Waals surface area contributed by atoms with E-state index in [2.05, 4.69) is 0 Å². The Bertz CT molecular complexity index is 217. The van der Waals surface area contributed by atoms with Crippen molar-refractivity contribution in [1.82, 2.24) is 0 Å². The summed E-state index contributed by atoms with van der Waals surface area (Å²) >= 11 is 0. The van der Waals surface area contributed by atoms with Gasteiger partial charge in [0.1, 0.15) is 0 Å². The van der Waals surface area contributed by atoms with E-state index < -0.39 is 0 Å². The van der Waals surface area contributed by atoms with Gasteiger partial charge < -0.3 is 5.11 Å². The highest BCUT2D eigenvalue weighted by Gasteiger charge is 2.77. The van der Waals surface area contributed by atoms with Gasteiger partial charge in [-0.1, -0.05) is 0 Å². The van der Waals surface area contributed by atoms with Crippen LogP contribution in [0, 0.1) is 35.0 Å². The molecule has 4 aliphatic rings. The minimum atomic E-state index is 0.472. The van der Waals surface area contributed by atoms with Crippen LogP contribution in [0.5, 0.6) is 0 Å². The van der Waals surface area contributed by atoms with Crippen LogP contribution in [0.4, 0.5) is 0 Å². The summed E-state index contributed by atoms with van der Waals surface area (Å²) in [5, 5.41) is 9.44. The Balaban J connectivity index is 1.87. The number of aliphatic hydroxyl groups is 1. The molecule has 0 heterocycles. The Morgan fingerprint density at radius 1 is 1.09 bits per heavy atom. The lowest BCUT2D eigenvalue weighted by Crippen LogP contribution is -2.26. The van der Waals surface area contributed by atoms with E-state index in [-0.39, 0.29) is 0 Å². The van der Waals surface area contributed by atoms with Crippen molar-refractivity contribution >= 4 is 0 Å². The maximum Gasteiger partial charge on any atom is 0.0493 e. The van der Waals surface area contributed by atoms with Crippen LogP contribution >= 0.6 is 0 Å². The lowest BCUT2D eigenvalue weighted by Gasteiger charge is -2.26. The Morgan fingerprint density at radius 2 is 1.73 bits per heavy atom. The van der Waals surface area contributed by atoms with Crippen LogP contribution in [0.3, 0.4) is 0 Å². The number of aliphatic hydroxyl groups excluding tert-OH is 1. The van der Waals surface area contributed by atoms with Gasteiger partial charge in [0.2, 0.25) is 0 Å². The predicted molar refractivity (Wildman–Crippen MR) is 40.8 cm³/mol. The highest BCUT2D eigenvalue weighted by Crippen LogP contribution is 2.82. The Kier molecular flexibility index (Phi) is 0.651. The molecule has 0 aromatic heterocycles. The summed E-state index contributed by atoms with van der Waals surface area (Å²) in [4.78, 5) is 0. The first-order chi connectivity index (χ1) is 5.37. The Morgan fingerprint density at radius 3 is 2.18 bits per heavy atom. The zero-order valence-electron chi connectivity index (χ0n) is 6.66. The van der Waals surface area contributed by atoms with Crippen LogP contribution in [-0.4, -0.2) is 11.7 Å². The molecule has 4 saturated carbocycles. The fourth-order valence-electron chi connectivity index (χ4n) is 4.63. The first-order valence-electron chi connectivity index (χ1n) is 4.98. The molecule has 0 aromatic carbocycles. The van der Waals surface area contributed by atoms with E-state index in [0.29, 0.717) is 12.0 Å². The largest absolute Gasteiger partial charge is 0.396 e. The van der Waals surface area contributed by atoms with Gasteiger partial charge in [-0.3, -0.25) is 0 Å². The van der Waals surface area contributed by atoms with Gasteiger partial charge in [-0.2, -0.15) is 0 Å². The minimum Gasteiger partial charge on any atom is -0.396 e. The third-order valence-electron chi connectivity index (χ3n) is 5.17. The number of hydrogen-bond donors (Lipinski definition) is 1. The molecule has 60 valence electrons. The molecule has 11 heavy (non-hydrogen) atoms. The monoisotopic (exact) mass is 150 g/mol. The summed E-state index contributed by atoms with van der Waals surface area (Å²) < 4.78 is 0. The van der Waals surface area contributed by atoms with Gasteiger partial charge in [0, 0.05) is 6.61 Å². The smallest absolute Gasteiger partial charge is 0.0493 e. The van der Waals surface area contributed by atoms with Crippen LogP contribution in [0.25, 0.3) is 0 Å². The molecule has 6 atom stereocenters. The summed E-state index contributed by atoms with van der Waals surface area (Å²) in [5.41, 5.74) is 0.472. The molecule has 0 radical (unpaired) electrons. The molecule has 1 heteroatoms. The van der Waals surface area contributed by atoms with E-state index >= 15 is 0 Å². The van der Waals surface area contributed by atoms with Gasteiger partial charge in [-0.05, 0) is 54.3 Å². The second-order valence-corrected chi connectivity index (χ2v) is 5.27. The summed E-state index contributed by atoms with van der Waals surface area (Å²) in [6.07, 6.45) is 4.34. The maximum absolute atomic E-state index is 9.44. The first kappa shape index (κ1) is 5.58. The molecular formula is C10H14O. The molecule has 1 N–H and O–H groups in total. The average molecular weight is 150 g/mol. The fourth-order valence-corrected chi connectivity index (χ4v) is 4.63. The van der Waals surface area contributed by atoms with Crippen LogP contribution in [0.15, 0.2) is 0 Å². The minimum absolute atomic E-state index is 0.472. The molecule has 4 unspecified atom stereocenters. The Labute approximate surface area is 66.8 Å². The van der Waals surface area contributed by atoms with Gasteiger partial charge in [-0.25, -0.2) is 0 Å². The zero-order valence-corrected chi connectivity index (χ0v) is 6.66. The molecule has 2 bridgehead atoms. The van der Waals surface area contributed by atoms with Crippen molar-refractivity contribution in [3.05, 3.63) is 0 Å². The standard InChI is InChI=1S/C10H14O/c11-4-10-3-7(5-1-8(5)10)6-2-9(6)10/h5-9,11H,1-4H2/t5-,6?,7?,8-,9?,10?/m1/s1. The average Bonchev–Trinajstić information content (AvgIpc) is 2.91. The molecule has 0 aliphatic heterocycles. The van der Waals surface area contributed by atoms with E-state index in [0.717, 1.165) is 29.6 Å². The zero-order chi connectivity index (χ0) is 7.22. The van der Waals surface area contributed by atoms with E-state index in [1.165, 1.54) is 19.3 Å². The number of rotatable bonds is 1. The van der Waals surface area contributed by atoms with Gasteiger partial charge >= 0.3 is 0 Å². The SMILES string of the molecule is OCC12CC(C3CC31)[C@H]1C[C@H]12. The molecule has 1 nitrogen and oxygen atoms in total. The second-order valence-electron chi connectivity index (χ2n) is 5.27. The molecule has 0 saturated heterocycles. The molecule has 0 aromatic rings. The van der Waals surface area contributed by atoms with Crippen molar-refractivity contribution in [2.75, 3.05) is 6.61 Å². The third-order valence-corrected chi connectivity index (χ3v) is 5.17. The first-order valence-corrected chi connectivity index (χ1v) is 4.98. The van der Waals surface area contributed by atoms with Crippen molar-refractivity contribution in [3.63, 3.8) is 0 Å². The number of hydrogen-bond acceptors (Lipinski definition) is 1. The molecule has 4 aliphatic carbocycles. The normalized spacial score (nSPS) is 74.5. The van der Waals surface area contributed by atoms with Crippen molar-refractivity contribution in [2.24, 2.45) is 35.0 Å². The lowest BCUT2D eigenvalue weighted by molar-refractivity contribution is 0.0941. The summed E-state index contributed by atoms with van der Waals surface area (Å²) in [6, 6.07) is 0. The van der Waals surface area contributed by atoms with Crippen LogP contribution in [-0.2, 0) is 0 Å². The van der Waals surface area contributed by atoms with E-state index in [1.807, 2.05) is 0 Å². The maximum atomic E-state index is 9.44. The quantitative estimate of drug-likeness (QED) is 0.597. The highest BCUT2D eigenvalue weighted by molar-refractivity contribution is 5.25. The van der Waals surface area contributed by atoms with Crippen LogP contribution in [0.1, 0.15) is 19.3 Å². The van der Waals surface area contributed by atoms with Crippen LogP contribution < -0.4 is 0 Å². The predicted octanol–water partition coefficient (Wildman–Crippen LogP) is 1.27. The third kappa shape index (κ3) is 0.395. The van der Waals surface area contributed by atoms with Crippen LogP contribution in [0.2, 0.25) is 0 Å². The lowest BCUT2D eigenvalue weighted by atomic mass is 9.80. The molecule has 4 fully saturated rings. The molecular weight excluding hydrogens is 136 g/mol. The summed E-state index contributed by atoms with van der Waals surface area (Å²) in [5.74, 6) is 5.16. The van der Waals surface area contributed by atoms with Crippen molar-refractivity contribution in [2.45, 2.75) is 19.3 Å². The van der Waals surface area contributed by atoms with E-state index in [9.17, 15) is 5.11 Å². The highest BCUT2D eigenvalue weighted by atomic mass is 16.3. The summed E-state index contributed by atoms with van der Waals surface area (Å²) in [7, 11) is 0. The van der Waals surface area contributed by atoms with Gasteiger partial charge in [0.15, 0.2) is 0 Å².